The fraction of sp³-hybridized carbons (Fsp3) is 0.455. The summed E-state index contributed by atoms with van der Waals surface area (Å²) in [6.07, 6.45) is 1.51. The maximum Gasteiger partial charge on any atom is 0.191 e. The Hall–Kier alpha value is -0.710. The van der Waals surface area contributed by atoms with Crippen LogP contribution in [0, 0.1) is 6.92 Å². The third-order valence-corrected chi connectivity index (χ3v) is 3.34. The lowest BCUT2D eigenvalue weighted by molar-refractivity contribution is -0.0303. The molecule has 1 aliphatic rings. The number of aryl methyl sites for hydroxylation is 1. The third kappa shape index (κ3) is 2.87. The molecule has 1 fully saturated rings. The molecular weight excluding hydrogens is 212 g/mol. The van der Waals surface area contributed by atoms with E-state index in [9.17, 15) is 4.21 Å². The second kappa shape index (κ2) is 4.88. The van der Waals surface area contributed by atoms with Gasteiger partial charge in [0, 0.05) is 13.0 Å². The fourth-order valence-corrected chi connectivity index (χ4v) is 2.24. The average molecular weight is 226 g/mol. The Morgan fingerprint density at radius 3 is 2.73 bits per heavy atom. The van der Waals surface area contributed by atoms with Gasteiger partial charge in [0.2, 0.25) is 0 Å². The number of ether oxygens (including phenoxy) is 1. The maximum absolute atomic E-state index is 11.7. The van der Waals surface area contributed by atoms with Crippen LogP contribution in [-0.2, 0) is 20.0 Å². The van der Waals surface area contributed by atoms with Crippen molar-refractivity contribution in [2.75, 3.05) is 6.61 Å². The normalized spacial score (nSPS) is 22.9. The lowest BCUT2D eigenvalue weighted by Gasteiger charge is -2.09. The largest absolute Gasteiger partial charge is 0.351 e. The van der Waals surface area contributed by atoms with Crippen LogP contribution in [0.3, 0.4) is 0 Å². The first kappa shape index (κ1) is 10.8. The summed E-state index contributed by atoms with van der Waals surface area (Å²) in [5, 5.41) is 0. The summed E-state index contributed by atoms with van der Waals surface area (Å²) in [7, 11) is 0. The van der Waals surface area contributed by atoms with Crippen molar-refractivity contribution in [3.8, 4) is 0 Å². The summed E-state index contributed by atoms with van der Waals surface area (Å²) < 4.78 is 22.3. The molecule has 0 amide bonds. The summed E-state index contributed by atoms with van der Waals surface area (Å²) in [6, 6.07) is 7.49. The molecule has 82 valence electrons. The van der Waals surface area contributed by atoms with E-state index in [1.807, 2.05) is 31.2 Å². The van der Waals surface area contributed by atoms with Crippen molar-refractivity contribution in [2.24, 2.45) is 0 Å². The topological polar surface area (TPSA) is 35.5 Å². The number of hydrogen-bond acceptors (Lipinski definition) is 3. The first-order valence-electron chi connectivity index (χ1n) is 5.03. The molecule has 0 saturated carbocycles. The van der Waals surface area contributed by atoms with Crippen molar-refractivity contribution >= 4 is 11.1 Å². The molecule has 0 radical (unpaired) electrons. The van der Waals surface area contributed by atoms with Gasteiger partial charge >= 0.3 is 0 Å². The van der Waals surface area contributed by atoms with Crippen LogP contribution in [0.1, 0.15) is 18.4 Å². The van der Waals surface area contributed by atoms with Crippen LogP contribution in [0.15, 0.2) is 29.2 Å². The van der Waals surface area contributed by atoms with Crippen molar-refractivity contribution in [3.05, 3.63) is 29.8 Å². The minimum atomic E-state index is -1.41. The highest BCUT2D eigenvalue weighted by Gasteiger charge is 2.19. The molecule has 2 rings (SSSR count). The van der Waals surface area contributed by atoms with Crippen molar-refractivity contribution in [1.82, 2.24) is 0 Å². The van der Waals surface area contributed by atoms with Gasteiger partial charge in [0.1, 0.15) is 0 Å². The zero-order valence-electron chi connectivity index (χ0n) is 8.64. The second-order valence-corrected chi connectivity index (χ2v) is 4.72. The standard InChI is InChI=1S/C11H14O3S/c1-9-4-6-10(7-5-9)15(12)14-11-3-2-8-13-11/h4-7,11H,2-3,8H2,1H3/t11-,15?/m0/s1. The molecule has 0 N–H and O–H groups in total. The summed E-state index contributed by atoms with van der Waals surface area (Å²) in [5.41, 5.74) is 1.15. The van der Waals surface area contributed by atoms with Gasteiger partial charge in [-0.25, -0.2) is 4.21 Å². The van der Waals surface area contributed by atoms with E-state index >= 15 is 0 Å². The van der Waals surface area contributed by atoms with Crippen LogP contribution in [0.5, 0.6) is 0 Å². The van der Waals surface area contributed by atoms with Crippen LogP contribution >= 0.6 is 0 Å². The Bertz CT molecular complexity index is 341. The Kier molecular flexibility index (Phi) is 3.51. The first-order valence-corrected chi connectivity index (χ1v) is 6.10. The van der Waals surface area contributed by atoms with E-state index in [1.165, 1.54) is 0 Å². The van der Waals surface area contributed by atoms with E-state index in [-0.39, 0.29) is 6.29 Å². The van der Waals surface area contributed by atoms with Crippen LogP contribution in [0.2, 0.25) is 0 Å². The second-order valence-electron chi connectivity index (χ2n) is 3.59. The van der Waals surface area contributed by atoms with Crippen molar-refractivity contribution in [3.63, 3.8) is 0 Å². The average Bonchev–Trinajstić information content (AvgIpc) is 2.71. The maximum atomic E-state index is 11.7. The van der Waals surface area contributed by atoms with E-state index in [4.69, 9.17) is 8.92 Å². The molecule has 0 spiro atoms. The van der Waals surface area contributed by atoms with Crippen molar-refractivity contribution in [2.45, 2.75) is 31.0 Å². The van der Waals surface area contributed by atoms with Gasteiger partial charge in [-0.3, -0.25) is 4.18 Å². The van der Waals surface area contributed by atoms with E-state index in [2.05, 4.69) is 0 Å². The molecule has 1 saturated heterocycles. The summed E-state index contributed by atoms with van der Waals surface area (Å²) >= 11 is -1.41. The highest BCUT2D eigenvalue weighted by molar-refractivity contribution is 7.80. The minimum absolute atomic E-state index is 0.299. The van der Waals surface area contributed by atoms with Crippen LogP contribution in [0.25, 0.3) is 0 Å². The lowest BCUT2D eigenvalue weighted by atomic mass is 10.2. The van der Waals surface area contributed by atoms with Crippen LogP contribution < -0.4 is 0 Å². The number of rotatable bonds is 3. The molecule has 1 unspecified atom stereocenters. The Labute approximate surface area is 92.1 Å². The predicted molar refractivity (Wildman–Crippen MR) is 57.6 cm³/mol. The van der Waals surface area contributed by atoms with E-state index in [1.54, 1.807) is 0 Å². The molecule has 0 aromatic heterocycles. The molecule has 1 aliphatic heterocycles. The Balaban J connectivity index is 1.98. The molecule has 1 aromatic carbocycles. The zero-order chi connectivity index (χ0) is 10.7. The van der Waals surface area contributed by atoms with Gasteiger partial charge in [-0.15, -0.1) is 0 Å². The molecule has 2 atom stereocenters. The highest BCUT2D eigenvalue weighted by atomic mass is 32.2. The van der Waals surface area contributed by atoms with Crippen LogP contribution in [-0.4, -0.2) is 17.1 Å². The summed E-state index contributed by atoms with van der Waals surface area (Å²) in [6.45, 7) is 2.70. The smallest absolute Gasteiger partial charge is 0.191 e. The highest BCUT2D eigenvalue weighted by Crippen LogP contribution is 2.18. The van der Waals surface area contributed by atoms with Crippen molar-refractivity contribution in [1.29, 1.82) is 0 Å². The monoisotopic (exact) mass is 226 g/mol. The number of benzene rings is 1. The molecule has 4 heteroatoms. The van der Waals surface area contributed by atoms with Gasteiger partial charge in [0.05, 0.1) is 4.90 Å². The quantitative estimate of drug-likeness (QED) is 0.792. The summed E-state index contributed by atoms with van der Waals surface area (Å²) in [5.74, 6) is 0. The van der Waals surface area contributed by atoms with E-state index < -0.39 is 11.1 Å². The van der Waals surface area contributed by atoms with E-state index in [0.717, 1.165) is 18.4 Å². The van der Waals surface area contributed by atoms with Gasteiger partial charge in [-0.2, -0.15) is 0 Å². The van der Waals surface area contributed by atoms with Gasteiger partial charge < -0.3 is 4.74 Å². The fourth-order valence-electron chi connectivity index (χ4n) is 1.43. The van der Waals surface area contributed by atoms with Gasteiger partial charge in [-0.05, 0) is 25.5 Å². The van der Waals surface area contributed by atoms with Gasteiger partial charge in [-0.1, -0.05) is 17.7 Å². The predicted octanol–water partition coefficient (Wildman–Crippen LogP) is 2.17. The van der Waals surface area contributed by atoms with Crippen LogP contribution in [0.4, 0.5) is 0 Å². The molecule has 0 aliphatic carbocycles. The van der Waals surface area contributed by atoms with E-state index in [0.29, 0.717) is 11.5 Å². The zero-order valence-corrected chi connectivity index (χ0v) is 9.46. The molecule has 3 nitrogen and oxygen atoms in total. The van der Waals surface area contributed by atoms with Crippen molar-refractivity contribution < 1.29 is 13.1 Å². The Morgan fingerprint density at radius 2 is 2.13 bits per heavy atom. The molecule has 1 aromatic rings. The molecule has 1 heterocycles. The molecular formula is C11H14O3S. The molecule has 0 bridgehead atoms. The minimum Gasteiger partial charge on any atom is -0.351 e. The lowest BCUT2D eigenvalue weighted by Crippen LogP contribution is -2.12. The summed E-state index contributed by atoms with van der Waals surface area (Å²) in [4.78, 5) is 0.691. The van der Waals surface area contributed by atoms with Gasteiger partial charge in [0.15, 0.2) is 17.4 Å². The molecule has 15 heavy (non-hydrogen) atoms. The Morgan fingerprint density at radius 1 is 1.40 bits per heavy atom. The SMILES string of the molecule is Cc1ccc(S(=O)O[C@H]2CCCO2)cc1. The third-order valence-electron chi connectivity index (χ3n) is 2.30. The number of hydrogen-bond donors (Lipinski definition) is 0. The van der Waals surface area contributed by atoms with Gasteiger partial charge in [0.25, 0.3) is 0 Å². The first-order chi connectivity index (χ1) is 7.25.